The number of hydrogen-bond acceptors (Lipinski definition) is 6. The van der Waals surface area contributed by atoms with E-state index in [0.717, 1.165) is 0 Å². The van der Waals surface area contributed by atoms with Crippen molar-refractivity contribution in [1.82, 2.24) is 10.3 Å². The topological polar surface area (TPSA) is 77.5 Å². The second kappa shape index (κ2) is 5.58. The molecule has 3 atom stereocenters. The van der Waals surface area contributed by atoms with Crippen molar-refractivity contribution in [2.45, 2.75) is 24.9 Å². The van der Waals surface area contributed by atoms with E-state index in [0.29, 0.717) is 12.1 Å². The third kappa shape index (κ3) is 2.51. The number of esters is 2. The summed E-state index contributed by atoms with van der Waals surface area (Å²) in [5.41, 5.74) is -0.217. The molecule has 6 nitrogen and oxygen atoms in total. The van der Waals surface area contributed by atoms with Gasteiger partial charge in [0.2, 0.25) is 0 Å². The zero-order chi connectivity index (χ0) is 14.8. The first-order valence-electron chi connectivity index (χ1n) is 6.36. The van der Waals surface area contributed by atoms with Crippen molar-refractivity contribution in [3.63, 3.8) is 0 Å². The Bertz CT molecular complexity index is 505. The van der Waals surface area contributed by atoms with Crippen molar-refractivity contribution in [1.29, 1.82) is 0 Å². The molecule has 0 spiro atoms. The van der Waals surface area contributed by atoms with Crippen molar-refractivity contribution >= 4 is 11.9 Å². The number of nitrogens with zero attached hydrogens (tertiary/aromatic N) is 1. The van der Waals surface area contributed by atoms with Gasteiger partial charge in [-0.1, -0.05) is 6.07 Å². The van der Waals surface area contributed by atoms with Crippen molar-refractivity contribution in [2.75, 3.05) is 14.2 Å². The lowest BCUT2D eigenvalue weighted by molar-refractivity contribution is -0.148. The Morgan fingerprint density at radius 1 is 1.35 bits per heavy atom. The van der Waals surface area contributed by atoms with E-state index in [2.05, 4.69) is 10.3 Å². The Morgan fingerprint density at radius 3 is 2.65 bits per heavy atom. The number of nitrogens with one attached hydrogen (secondary N) is 1. The molecule has 1 fully saturated rings. The van der Waals surface area contributed by atoms with E-state index in [-0.39, 0.29) is 12.0 Å². The maximum absolute atomic E-state index is 12.0. The van der Waals surface area contributed by atoms with Crippen molar-refractivity contribution in [3.05, 3.63) is 30.1 Å². The van der Waals surface area contributed by atoms with Gasteiger partial charge < -0.3 is 9.47 Å². The molecule has 2 heterocycles. The summed E-state index contributed by atoms with van der Waals surface area (Å²) < 4.78 is 9.64. The number of carbonyl (C=O) groups is 2. The van der Waals surface area contributed by atoms with E-state index in [4.69, 9.17) is 9.47 Å². The standard InChI is InChI=1S/C14H18N2O4/c1-14(13(18)20-3)8-9(12(17)19-2)11(16-14)10-6-4-5-7-15-10/h4-7,9,11,16H,8H2,1-3H3/t9-,11+,14-/m0/s1. The second-order valence-corrected chi connectivity index (χ2v) is 5.03. The minimum Gasteiger partial charge on any atom is -0.469 e. The molecule has 1 aromatic rings. The fourth-order valence-corrected chi connectivity index (χ4v) is 2.64. The van der Waals surface area contributed by atoms with E-state index in [1.165, 1.54) is 14.2 Å². The molecule has 0 saturated carbocycles. The quantitative estimate of drug-likeness (QED) is 0.825. The molecule has 6 heteroatoms. The normalized spacial score (nSPS) is 28.9. The Kier molecular flexibility index (Phi) is 4.04. The molecule has 20 heavy (non-hydrogen) atoms. The van der Waals surface area contributed by atoms with Crippen LogP contribution < -0.4 is 5.32 Å². The molecule has 0 unspecified atom stereocenters. The van der Waals surface area contributed by atoms with Crippen molar-refractivity contribution in [3.8, 4) is 0 Å². The van der Waals surface area contributed by atoms with Crippen molar-refractivity contribution < 1.29 is 19.1 Å². The van der Waals surface area contributed by atoms with E-state index in [9.17, 15) is 9.59 Å². The van der Waals surface area contributed by atoms with Crippen LogP contribution in [0.1, 0.15) is 25.1 Å². The molecule has 2 rings (SSSR count). The summed E-state index contributed by atoms with van der Waals surface area (Å²) in [5.74, 6) is -1.23. The van der Waals surface area contributed by atoms with Gasteiger partial charge in [-0.05, 0) is 25.5 Å². The Morgan fingerprint density at radius 2 is 2.10 bits per heavy atom. The molecule has 1 aliphatic rings. The molecule has 0 amide bonds. The SMILES string of the molecule is COC(=O)[C@H]1C[C@@](C)(C(=O)OC)N[C@H]1c1ccccn1. The van der Waals surface area contributed by atoms with Crippen LogP contribution in [0.5, 0.6) is 0 Å². The lowest BCUT2D eigenvalue weighted by Gasteiger charge is -2.22. The lowest BCUT2D eigenvalue weighted by atomic mass is 9.91. The van der Waals surface area contributed by atoms with Crippen LogP contribution in [0, 0.1) is 5.92 Å². The van der Waals surface area contributed by atoms with Crippen LogP contribution in [0.15, 0.2) is 24.4 Å². The highest BCUT2D eigenvalue weighted by molar-refractivity contribution is 5.84. The van der Waals surface area contributed by atoms with Gasteiger partial charge in [0.1, 0.15) is 5.54 Å². The van der Waals surface area contributed by atoms with Gasteiger partial charge in [-0.15, -0.1) is 0 Å². The number of hydrogen-bond donors (Lipinski definition) is 1. The summed E-state index contributed by atoms with van der Waals surface area (Å²) in [7, 11) is 2.67. The number of methoxy groups -OCH3 is 2. The summed E-state index contributed by atoms with van der Waals surface area (Å²) >= 11 is 0. The van der Waals surface area contributed by atoms with Crippen LogP contribution in [0.4, 0.5) is 0 Å². The summed E-state index contributed by atoms with van der Waals surface area (Å²) in [4.78, 5) is 28.1. The highest BCUT2D eigenvalue weighted by Gasteiger charge is 2.51. The van der Waals surface area contributed by atoms with Gasteiger partial charge in [-0.2, -0.15) is 0 Å². The molecule has 1 saturated heterocycles. The monoisotopic (exact) mass is 278 g/mol. The minimum absolute atomic E-state index is 0.313. The van der Waals surface area contributed by atoms with Gasteiger partial charge in [0.05, 0.1) is 31.9 Å². The number of aromatic nitrogens is 1. The Balaban J connectivity index is 2.33. The Hall–Kier alpha value is -1.95. The number of pyridine rings is 1. The fraction of sp³-hybridized carbons (Fsp3) is 0.500. The maximum atomic E-state index is 12.0. The summed E-state index contributed by atoms with van der Waals surface area (Å²) in [6.45, 7) is 1.72. The average Bonchev–Trinajstić information content (AvgIpc) is 2.86. The third-order valence-corrected chi connectivity index (χ3v) is 3.65. The maximum Gasteiger partial charge on any atom is 0.325 e. The molecule has 1 aliphatic heterocycles. The van der Waals surface area contributed by atoms with Crippen LogP contribution in [0.3, 0.4) is 0 Å². The van der Waals surface area contributed by atoms with E-state index in [1.54, 1.807) is 19.2 Å². The number of rotatable bonds is 3. The first kappa shape index (κ1) is 14.5. The summed E-state index contributed by atoms with van der Waals surface area (Å²) in [6.07, 6.45) is 1.97. The molecule has 0 bridgehead atoms. The van der Waals surface area contributed by atoms with Gasteiger partial charge in [0.25, 0.3) is 0 Å². The highest BCUT2D eigenvalue weighted by atomic mass is 16.5. The lowest BCUT2D eigenvalue weighted by Crippen LogP contribution is -2.46. The summed E-state index contributed by atoms with van der Waals surface area (Å²) in [5, 5.41) is 3.16. The molecular weight excluding hydrogens is 260 g/mol. The van der Waals surface area contributed by atoms with Crippen LogP contribution in [0.25, 0.3) is 0 Å². The largest absolute Gasteiger partial charge is 0.469 e. The zero-order valence-electron chi connectivity index (χ0n) is 11.8. The van der Waals surface area contributed by atoms with Gasteiger partial charge in [0.15, 0.2) is 0 Å². The van der Waals surface area contributed by atoms with Gasteiger partial charge in [-0.3, -0.25) is 19.9 Å². The molecule has 0 radical (unpaired) electrons. The van der Waals surface area contributed by atoms with Crippen LogP contribution in [0.2, 0.25) is 0 Å². The minimum atomic E-state index is -0.921. The predicted octanol–water partition coefficient (Wildman–Crippen LogP) is 0.837. The predicted molar refractivity (Wildman–Crippen MR) is 70.7 cm³/mol. The van der Waals surface area contributed by atoms with E-state index in [1.807, 2.05) is 12.1 Å². The van der Waals surface area contributed by atoms with E-state index >= 15 is 0 Å². The van der Waals surface area contributed by atoms with Gasteiger partial charge in [0, 0.05) is 6.20 Å². The third-order valence-electron chi connectivity index (χ3n) is 3.65. The molecule has 108 valence electrons. The zero-order valence-corrected chi connectivity index (χ0v) is 11.8. The van der Waals surface area contributed by atoms with Crippen molar-refractivity contribution in [2.24, 2.45) is 5.92 Å². The smallest absolute Gasteiger partial charge is 0.325 e. The van der Waals surface area contributed by atoms with E-state index < -0.39 is 17.4 Å². The van der Waals surface area contributed by atoms with Gasteiger partial charge >= 0.3 is 11.9 Å². The summed E-state index contributed by atoms with van der Waals surface area (Å²) in [6, 6.07) is 5.08. The fourth-order valence-electron chi connectivity index (χ4n) is 2.64. The first-order chi connectivity index (χ1) is 9.51. The van der Waals surface area contributed by atoms with Crippen LogP contribution >= 0.6 is 0 Å². The highest BCUT2D eigenvalue weighted by Crippen LogP contribution is 2.38. The molecule has 0 aliphatic carbocycles. The Labute approximate surface area is 117 Å². The molecular formula is C14H18N2O4. The van der Waals surface area contributed by atoms with Crippen LogP contribution in [-0.2, 0) is 19.1 Å². The van der Waals surface area contributed by atoms with Crippen LogP contribution in [-0.4, -0.2) is 36.7 Å². The first-order valence-corrected chi connectivity index (χ1v) is 6.36. The number of carbonyl (C=O) groups excluding carboxylic acids is 2. The average molecular weight is 278 g/mol. The molecule has 1 N–H and O–H groups in total. The van der Waals surface area contributed by atoms with Gasteiger partial charge in [-0.25, -0.2) is 0 Å². The molecule has 0 aromatic carbocycles. The second-order valence-electron chi connectivity index (χ2n) is 5.03. The number of ether oxygens (including phenoxy) is 2. The molecule has 1 aromatic heterocycles.